The highest BCUT2D eigenvalue weighted by atomic mass is 35.5. The lowest BCUT2D eigenvalue weighted by atomic mass is 9.76. The highest BCUT2D eigenvalue weighted by molar-refractivity contribution is 7.90. The van der Waals surface area contributed by atoms with Crippen molar-refractivity contribution in [3.8, 4) is 5.75 Å². The first-order valence-electron chi connectivity index (χ1n) is 11.1. The summed E-state index contributed by atoms with van der Waals surface area (Å²) < 4.78 is 29.2. The Kier molecular flexibility index (Phi) is 7.77. The molecule has 4 atom stereocenters. The van der Waals surface area contributed by atoms with Crippen LogP contribution in [0.4, 0.5) is 0 Å². The molecular weight excluding hydrogens is 484 g/mol. The van der Waals surface area contributed by atoms with Gasteiger partial charge < -0.3 is 4.74 Å². The van der Waals surface area contributed by atoms with E-state index >= 15 is 0 Å². The van der Waals surface area contributed by atoms with Gasteiger partial charge in [0, 0.05) is 36.0 Å². The molecule has 1 unspecified atom stereocenters. The summed E-state index contributed by atoms with van der Waals surface area (Å²) in [6, 6.07) is 2.32. The summed E-state index contributed by atoms with van der Waals surface area (Å²) in [6.07, 6.45) is 2.40. The molecule has 34 heavy (non-hydrogen) atoms. The number of hydrogen-bond acceptors (Lipinski definition) is 8. The number of sulfone groups is 1. The van der Waals surface area contributed by atoms with Crippen LogP contribution in [0.15, 0.2) is 17.0 Å². The fraction of sp³-hybridized carbons (Fsp3) is 0.542. The lowest BCUT2D eigenvalue weighted by Gasteiger charge is -2.24. The second-order valence-corrected chi connectivity index (χ2v) is 11.5. The van der Waals surface area contributed by atoms with Gasteiger partial charge in [-0.2, -0.15) is 0 Å². The highest BCUT2D eigenvalue weighted by Gasteiger charge is 2.47. The average molecular weight is 511 g/mol. The summed E-state index contributed by atoms with van der Waals surface area (Å²) in [7, 11) is -2.53. The van der Waals surface area contributed by atoms with E-state index in [2.05, 4.69) is 0 Å². The molecule has 2 aliphatic rings. The zero-order chi connectivity index (χ0) is 25.4. The Morgan fingerprint density at radius 2 is 1.71 bits per heavy atom. The first-order valence-corrected chi connectivity index (χ1v) is 13.4. The van der Waals surface area contributed by atoms with Gasteiger partial charge in [0.1, 0.15) is 22.4 Å². The zero-order valence-electron chi connectivity index (χ0n) is 19.3. The molecule has 0 amide bonds. The molecule has 10 heteroatoms. The van der Waals surface area contributed by atoms with E-state index in [4.69, 9.17) is 16.3 Å². The number of carbonyl (C=O) groups is 5. The molecule has 3 rings (SSSR count). The summed E-state index contributed by atoms with van der Waals surface area (Å²) in [4.78, 5) is 64.6. The minimum Gasteiger partial charge on any atom is -0.494 e. The Hall–Kier alpha value is -2.39. The third kappa shape index (κ3) is 5.00. The van der Waals surface area contributed by atoms with Gasteiger partial charge in [0.15, 0.2) is 32.9 Å². The van der Waals surface area contributed by atoms with Crippen LogP contribution in [0.25, 0.3) is 0 Å². The number of benzene rings is 1. The maximum Gasteiger partial charge on any atom is 0.182 e. The molecular formula is C24H27ClO8S. The Balaban J connectivity index is 2.05. The van der Waals surface area contributed by atoms with Crippen LogP contribution >= 0.6 is 11.6 Å². The van der Waals surface area contributed by atoms with E-state index in [9.17, 15) is 32.4 Å². The van der Waals surface area contributed by atoms with Crippen LogP contribution in [-0.4, -0.2) is 50.7 Å². The topological polar surface area (TPSA) is 129 Å². The highest BCUT2D eigenvalue weighted by Crippen LogP contribution is 2.40. The van der Waals surface area contributed by atoms with Gasteiger partial charge in [-0.25, -0.2) is 8.42 Å². The third-order valence-electron chi connectivity index (χ3n) is 6.76. The Labute approximate surface area is 203 Å². The van der Waals surface area contributed by atoms with Gasteiger partial charge in [0.2, 0.25) is 0 Å². The van der Waals surface area contributed by atoms with Gasteiger partial charge in [-0.05, 0) is 37.8 Å². The number of ketones is 5. The maximum atomic E-state index is 13.6. The number of halogens is 1. The smallest absolute Gasteiger partial charge is 0.182 e. The Morgan fingerprint density at radius 3 is 2.32 bits per heavy atom. The number of rotatable bonds is 5. The molecule has 0 spiro atoms. The lowest BCUT2D eigenvalue weighted by molar-refractivity contribution is -0.138. The average Bonchev–Trinajstić information content (AvgIpc) is 2.98. The molecule has 0 saturated heterocycles. The van der Waals surface area contributed by atoms with Gasteiger partial charge >= 0.3 is 0 Å². The first-order chi connectivity index (χ1) is 15.9. The largest absolute Gasteiger partial charge is 0.494 e. The fourth-order valence-corrected chi connectivity index (χ4v) is 6.13. The summed E-state index contributed by atoms with van der Waals surface area (Å²) in [5, 5.41) is -0.305. The lowest BCUT2D eigenvalue weighted by Crippen LogP contribution is -2.39. The van der Waals surface area contributed by atoms with Gasteiger partial charge in [0.25, 0.3) is 0 Å². The van der Waals surface area contributed by atoms with E-state index in [1.165, 1.54) is 13.2 Å². The van der Waals surface area contributed by atoms with Crippen molar-refractivity contribution < 1.29 is 37.1 Å². The number of Topliss-reactive ketones (excluding diaryl/α,β-unsaturated/α-hetero) is 5. The van der Waals surface area contributed by atoms with E-state index in [1.54, 1.807) is 6.92 Å². The number of carbonyl (C=O) groups excluding carboxylic acids is 5. The van der Waals surface area contributed by atoms with E-state index in [-0.39, 0.29) is 52.1 Å². The van der Waals surface area contributed by atoms with Crippen molar-refractivity contribution in [3.63, 3.8) is 0 Å². The molecule has 0 radical (unpaired) electrons. The van der Waals surface area contributed by atoms with Crippen LogP contribution in [-0.2, 0) is 29.0 Å². The molecule has 2 fully saturated rings. The molecule has 0 bridgehead atoms. The quantitative estimate of drug-likeness (QED) is 0.336. The minimum absolute atomic E-state index is 0.171. The summed E-state index contributed by atoms with van der Waals surface area (Å²) in [5.41, 5.74) is -0.201. The molecule has 0 heterocycles. The molecule has 8 nitrogen and oxygen atoms in total. The van der Waals surface area contributed by atoms with Crippen molar-refractivity contribution in [2.45, 2.75) is 50.3 Å². The standard InChI is InChI=1S/C24H27ClO8S/c1-12-7-8-15(14-6-4-5-13(26)11-17(14)27)22(29)19(21(12)28)23(30)16-9-10-18(34(3,31)32)24(33-2)20(16)25/h9-10,12,14-15,19H,4-8,11H2,1-3H3/t12-,14?,15-,19-/m0/s1. The van der Waals surface area contributed by atoms with Gasteiger partial charge in [-0.1, -0.05) is 18.5 Å². The Morgan fingerprint density at radius 1 is 1.03 bits per heavy atom. The normalized spacial score (nSPS) is 26.7. The van der Waals surface area contributed by atoms with Crippen LogP contribution < -0.4 is 4.74 Å². The molecule has 1 aromatic rings. The summed E-state index contributed by atoms with van der Waals surface area (Å²) in [6.45, 7) is 1.63. The van der Waals surface area contributed by atoms with E-state index in [1.807, 2.05) is 0 Å². The van der Waals surface area contributed by atoms with Crippen molar-refractivity contribution in [1.29, 1.82) is 0 Å². The second kappa shape index (κ2) is 10.1. The predicted molar refractivity (Wildman–Crippen MR) is 123 cm³/mol. The number of hydrogen-bond donors (Lipinski definition) is 0. The van der Waals surface area contributed by atoms with Gasteiger partial charge in [-0.15, -0.1) is 0 Å². The molecule has 2 aliphatic carbocycles. The molecule has 2 saturated carbocycles. The van der Waals surface area contributed by atoms with Crippen LogP contribution in [0.2, 0.25) is 5.02 Å². The Bertz CT molecular complexity index is 1170. The van der Waals surface area contributed by atoms with Gasteiger partial charge in [0.05, 0.1) is 18.6 Å². The maximum absolute atomic E-state index is 13.6. The SMILES string of the molecule is COc1c(S(C)(=O)=O)ccc(C(=O)[C@@H]2C(=O)[C@H](C3CCCC(=O)CC3=O)CC[C@H](C)C2=O)c1Cl. The molecule has 1 aromatic carbocycles. The van der Waals surface area contributed by atoms with E-state index in [0.717, 1.165) is 12.3 Å². The third-order valence-corrected chi connectivity index (χ3v) is 8.26. The first kappa shape index (κ1) is 26.2. The van der Waals surface area contributed by atoms with Gasteiger partial charge in [-0.3, -0.25) is 24.0 Å². The fourth-order valence-electron chi connectivity index (χ4n) is 4.90. The molecule has 0 N–H and O–H groups in total. The van der Waals surface area contributed by atoms with Crippen molar-refractivity contribution in [2.75, 3.05) is 13.4 Å². The monoisotopic (exact) mass is 510 g/mol. The van der Waals surface area contributed by atoms with Crippen molar-refractivity contribution >= 4 is 50.4 Å². The zero-order valence-corrected chi connectivity index (χ0v) is 20.8. The van der Waals surface area contributed by atoms with Crippen LogP contribution in [0.5, 0.6) is 5.75 Å². The predicted octanol–water partition coefficient (Wildman–Crippen LogP) is 3.06. The van der Waals surface area contributed by atoms with E-state index in [0.29, 0.717) is 19.3 Å². The van der Waals surface area contributed by atoms with Crippen LogP contribution in [0, 0.1) is 23.7 Å². The van der Waals surface area contributed by atoms with Crippen molar-refractivity contribution in [1.82, 2.24) is 0 Å². The number of methoxy groups -OCH3 is 1. The molecule has 184 valence electrons. The molecule has 0 aromatic heterocycles. The number of ether oxygens (including phenoxy) is 1. The minimum atomic E-state index is -3.73. The van der Waals surface area contributed by atoms with Crippen LogP contribution in [0.3, 0.4) is 0 Å². The van der Waals surface area contributed by atoms with Crippen molar-refractivity contribution in [3.05, 3.63) is 22.7 Å². The van der Waals surface area contributed by atoms with E-state index < -0.39 is 50.9 Å². The summed E-state index contributed by atoms with van der Waals surface area (Å²) >= 11 is 6.33. The second-order valence-electron chi connectivity index (χ2n) is 9.10. The molecule has 0 aliphatic heterocycles. The van der Waals surface area contributed by atoms with Crippen molar-refractivity contribution in [2.24, 2.45) is 23.7 Å². The van der Waals surface area contributed by atoms with Crippen LogP contribution in [0.1, 0.15) is 55.8 Å². The summed E-state index contributed by atoms with van der Waals surface area (Å²) in [5.74, 6) is -6.63.